The highest BCUT2D eigenvalue weighted by atomic mass is 16.5. The van der Waals surface area contributed by atoms with Crippen molar-refractivity contribution in [2.75, 3.05) is 38.7 Å². The van der Waals surface area contributed by atoms with Crippen LogP contribution in [0.3, 0.4) is 0 Å². The van der Waals surface area contributed by atoms with E-state index in [9.17, 15) is 9.59 Å². The molecule has 0 fully saturated rings. The van der Waals surface area contributed by atoms with Gasteiger partial charge < -0.3 is 20.1 Å². The fraction of sp³-hybridized carbons (Fsp3) is 0.391. The Kier molecular flexibility index (Phi) is 9.15. The summed E-state index contributed by atoms with van der Waals surface area (Å²) in [7, 11) is 1.57. The van der Waals surface area contributed by atoms with Gasteiger partial charge in [0.2, 0.25) is 0 Å². The molecule has 0 saturated carbocycles. The summed E-state index contributed by atoms with van der Waals surface area (Å²) in [5.74, 6) is 0.770. The second-order valence-corrected chi connectivity index (χ2v) is 7.07. The summed E-state index contributed by atoms with van der Waals surface area (Å²) in [5.41, 5.74) is 1.19. The number of methoxy groups -OCH3 is 1. The average Bonchev–Trinajstić information content (AvgIpc) is 2.75. The van der Waals surface area contributed by atoms with E-state index < -0.39 is 0 Å². The number of benzene rings is 2. The molecule has 0 aromatic heterocycles. The molecule has 0 bridgehead atoms. The lowest BCUT2D eigenvalue weighted by Crippen LogP contribution is -2.38. The third kappa shape index (κ3) is 7.40. The largest absolute Gasteiger partial charge is 0.497 e. The quantitative estimate of drug-likeness (QED) is 0.592. The number of anilines is 1. The monoisotopic (exact) mass is 413 g/mol. The van der Waals surface area contributed by atoms with Gasteiger partial charge in [0.1, 0.15) is 11.5 Å². The number of ether oxygens (including phenoxy) is 2. The maximum atomic E-state index is 12.3. The molecule has 0 aliphatic heterocycles. The Labute approximate surface area is 178 Å². The van der Waals surface area contributed by atoms with Crippen molar-refractivity contribution in [1.29, 1.82) is 0 Å². The highest BCUT2D eigenvalue weighted by Gasteiger charge is 2.10. The van der Waals surface area contributed by atoms with Crippen molar-refractivity contribution in [2.24, 2.45) is 0 Å². The highest BCUT2D eigenvalue weighted by molar-refractivity contribution is 5.94. The van der Waals surface area contributed by atoms with Gasteiger partial charge in [0, 0.05) is 36.4 Å². The third-order valence-corrected chi connectivity index (χ3v) is 4.66. The van der Waals surface area contributed by atoms with Gasteiger partial charge in [0.05, 0.1) is 7.11 Å². The van der Waals surface area contributed by atoms with Gasteiger partial charge in [-0.05, 0) is 56.8 Å². The fourth-order valence-corrected chi connectivity index (χ4v) is 2.95. The second-order valence-electron chi connectivity index (χ2n) is 7.07. The van der Waals surface area contributed by atoms with E-state index in [0.717, 1.165) is 13.1 Å². The lowest BCUT2D eigenvalue weighted by molar-refractivity contribution is -0.118. The molecule has 2 rings (SSSR count). The minimum absolute atomic E-state index is 0.128. The van der Waals surface area contributed by atoms with Gasteiger partial charge in [-0.1, -0.05) is 13.0 Å². The van der Waals surface area contributed by atoms with Crippen LogP contribution in [0.1, 0.15) is 31.1 Å². The Bertz CT molecular complexity index is 821. The molecular formula is C23H31N3O4. The van der Waals surface area contributed by atoms with E-state index >= 15 is 0 Å². The summed E-state index contributed by atoms with van der Waals surface area (Å²) in [4.78, 5) is 26.6. The first-order valence-electron chi connectivity index (χ1n) is 10.1. The van der Waals surface area contributed by atoms with E-state index in [1.54, 1.807) is 55.6 Å². The van der Waals surface area contributed by atoms with E-state index in [1.165, 1.54) is 0 Å². The summed E-state index contributed by atoms with van der Waals surface area (Å²) in [6.45, 7) is 8.60. The first kappa shape index (κ1) is 23.2. The Morgan fingerprint density at radius 3 is 2.43 bits per heavy atom. The van der Waals surface area contributed by atoms with Crippen molar-refractivity contribution in [3.05, 3.63) is 54.1 Å². The predicted molar refractivity (Wildman–Crippen MR) is 118 cm³/mol. The molecule has 0 atom stereocenters. The minimum atomic E-state index is -0.282. The number of nitrogens with zero attached hydrogens (tertiary/aromatic N) is 1. The molecule has 7 heteroatoms. The number of hydrogen-bond donors (Lipinski definition) is 2. The number of carbonyl (C=O) groups is 2. The van der Waals surface area contributed by atoms with Crippen LogP contribution in [0.4, 0.5) is 5.69 Å². The van der Waals surface area contributed by atoms with Crippen LogP contribution in [0.5, 0.6) is 11.5 Å². The standard InChI is InChI=1S/C23H31N3O4/c1-5-26(17(2)3)14-13-24-23(28)18-9-11-20(12-10-18)30-16-22(27)25-19-7-6-8-21(15-19)29-4/h6-12,15,17H,5,13-14,16H2,1-4H3,(H,24,28)(H,25,27). The van der Waals surface area contributed by atoms with Gasteiger partial charge in [-0.2, -0.15) is 0 Å². The molecule has 0 aliphatic rings. The first-order valence-corrected chi connectivity index (χ1v) is 10.1. The topological polar surface area (TPSA) is 79.9 Å². The van der Waals surface area contributed by atoms with Crippen molar-refractivity contribution in [1.82, 2.24) is 10.2 Å². The van der Waals surface area contributed by atoms with Crippen LogP contribution in [0.2, 0.25) is 0 Å². The van der Waals surface area contributed by atoms with Gasteiger partial charge in [-0.15, -0.1) is 0 Å². The second kappa shape index (κ2) is 11.8. The molecule has 0 spiro atoms. The number of likely N-dealkylation sites (N-methyl/N-ethyl adjacent to an activating group) is 1. The first-order chi connectivity index (χ1) is 14.4. The maximum Gasteiger partial charge on any atom is 0.262 e. The van der Waals surface area contributed by atoms with E-state index in [4.69, 9.17) is 9.47 Å². The summed E-state index contributed by atoms with van der Waals surface area (Å²) in [5, 5.41) is 5.68. The van der Waals surface area contributed by atoms with Gasteiger partial charge >= 0.3 is 0 Å². The molecule has 2 amide bonds. The summed E-state index contributed by atoms with van der Waals surface area (Å²) in [6, 6.07) is 14.3. The van der Waals surface area contributed by atoms with Crippen LogP contribution < -0.4 is 20.1 Å². The number of hydrogen-bond acceptors (Lipinski definition) is 5. The number of amides is 2. The summed E-state index contributed by atoms with van der Waals surface area (Å²) in [6.07, 6.45) is 0. The molecule has 2 N–H and O–H groups in total. The number of nitrogens with one attached hydrogen (secondary N) is 2. The maximum absolute atomic E-state index is 12.3. The predicted octanol–water partition coefficient (Wildman–Crippen LogP) is 3.17. The smallest absolute Gasteiger partial charge is 0.262 e. The van der Waals surface area contributed by atoms with E-state index in [2.05, 4.69) is 36.3 Å². The molecule has 7 nitrogen and oxygen atoms in total. The van der Waals surface area contributed by atoms with Gasteiger partial charge in [0.25, 0.3) is 11.8 Å². The van der Waals surface area contributed by atoms with Crippen LogP contribution in [-0.4, -0.2) is 56.1 Å². The van der Waals surface area contributed by atoms with Gasteiger partial charge in [0.15, 0.2) is 6.61 Å². The van der Waals surface area contributed by atoms with Crippen molar-refractivity contribution >= 4 is 17.5 Å². The number of carbonyl (C=O) groups excluding carboxylic acids is 2. The Hall–Kier alpha value is -3.06. The molecule has 162 valence electrons. The van der Waals surface area contributed by atoms with Crippen LogP contribution in [-0.2, 0) is 4.79 Å². The SMILES string of the molecule is CCN(CCNC(=O)c1ccc(OCC(=O)Nc2cccc(OC)c2)cc1)C(C)C. The lowest BCUT2D eigenvalue weighted by atomic mass is 10.2. The molecule has 0 saturated heterocycles. The van der Waals surface area contributed by atoms with E-state index in [-0.39, 0.29) is 18.4 Å². The molecule has 30 heavy (non-hydrogen) atoms. The summed E-state index contributed by atoms with van der Waals surface area (Å²) < 4.78 is 10.6. The van der Waals surface area contributed by atoms with Crippen molar-refractivity contribution < 1.29 is 19.1 Å². The lowest BCUT2D eigenvalue weighted by Gasteiger charge is -2.24. The molecule has 2 aromatic carbocycles. The van der Waals surface area contributed by atoms with Gasteiger partial charge in [-0.25, -0.2) is 0 Å². The van der Waals surface area contributed by atoms with Crippen LogP contribution in [0.15, 0.2) is 48.5 Å². The zero-order valence-electron chi connectivity index (χ0n) is 18.1. The Morgan fingerprint density at radius 2 is 1.80 bits per heavy atom. The van der Waals surface area contributed by atoms with Crippen LogP contribution in [0.25, 0.3) is 0 Å². The molecule has 0 unspecified atom stereocenters. The third-order valence-electron chi connectivity index (χ3n) is 4.66. The van der Waals surface area contributed by atoms with E-state index in [1.807, 2.05) is 0 Å². The fourth-order valence-electron chi connectivity index (χ4n) is 2.95. The Morgan fingerprint density at radius 1 is 1.07 bits per heavy atom. The van der Waals surface area contributed by atoms with Crippen LogP contribution in [0, 0.1) is 0 Å². The molecular weight excluding hydrogens is 382 g/mol. The normalized spacial score (nSPS) is 10.7. The van der Waals surface area contributed by atoms with Crippen molar-refractivity contribution in [3.8, 4) is 11.5 Å². The molecule has 0 radical (unpaired) electrons. The zero-order chi connectivity index (χ0) is 21.9. The zero-order valence-corrected chi connectivity index (χ0v) is 18.1. The van der Waals surface area contributed by atoms with Crippen LogP contribution >= 0.6 is 0 Å². The molecule has 2 aromatic rings. The number of rotatable bonds is 11. The van der Waals surface area contributed by atoms with Gasteiger partial charge in [-0.3, -0.25) is 14.5 Å². The minimum Gasteiger partial charge on any atom is -0.497 e. The average molecular weight is 414 g/mol. The Balaban J connectivity index is 1.78. The van der Waals surface area contributed by atoms with E-state index in [0.29, 0.717) is 35.3 Å². The van der Waals surface area contributed by atoms with Crippen molar-refractivity contribution in [2.45, 2.75) is 26.8 Å². The molecule has 0 aliphatic carbocycles. The summed E-state index contributed by atoms with van der Waals surface area (Å²) >= 11 is 0. The van der Waals surface area contributed by atoms with Crippen molar-refractivity contribution in [3.63, 3.8) is 0 Å². The molecule has 0 heterocycles. The highest BCUT2D eigenvalue weighted by Crippen LogP contribution is 2.17.